The Morgan fingerprint density at radius 2 is 1.81 bits per heavy atom. The number of nitrogens with zero attached hydrogens (tertiary/aromatic N) is 1. The molecule has 27 heavy (non-hydrogen) atoms. The summed E-state index contributed by atoms with van der Waals surface area (Å²) in [6.45, 7) is 3.71. The first kappa shape index (κ1) is 20.4. The van der Waals surface area contributed by atoms with Crippen LogP contribution in [0.3, 0.4) is 0 Å². The van der Waals surface area contributed by atoms with Crippen molar-refractivity contribution in [1.29, 1.82) is 0 Å². The lowest BCUT2D eigenvalue weighted by Crippen LogP contribution is -2.52. The number of carbonyl (C=O) groups is 3. The first-order valence-corrected chi connectivity index (χ1v) is 8.24. The van der Waals surface area contributed by atoms with Crippen molar-refractivity contribution in [3.05, 3.63) is 35.0 Å². The molecule has 1 aliphatic rings. The van der Waals surface area contributed by atoms with Crippen molar-refractivity contribution in [2.24, 2.45) is 0 Å². The molecule has 0 spiro atoms. The predicted octanol–water partition coefficient (Wildman–Crippen LogP) is 0.516. The topological polar surface area (TPSA) is 125 Å². The largest absolute Gasteiger partial charge is 0.497 e. The van der Waals surface area contributed by atoms with Gasteiger partial charge in [0.15, 0.2) is 11.6 Å². The summed E-state index contributed by atoms with van der Waals surface area (Å²) in [7, 11) is 1.46. The molecule has 0 unspecified atom stereocenters. The van der Waals surface area contributed by atoms with Gasteiger partial charge in [-0.15, -0.1) is 0 Å². The van der Waals surface area contributed by atoms with Crippen LogP contribution in [0.2, 0.25) is 0 Å². The van der Waals surface area contributed by atoms with Gasteiger partial charge in [0.25, 0.3) is 5.71 Å². The minimum absolute atomic E-state index is 0.0271. The van der Waals surface area contributed by atoms with Crippen molar-refractivity contribution in [1.82, 2.24) is 0 Å². The predicted molar refractivity (Wildman–Crippen MR) is 92.2 cm³/mol. The lowest BCUT2D eigenvalue weighted by molar-refractivity contribution is -0.744. The molecule has 1 aromatic carbocycles. The Balaban J connectivity index is 2.66. The van der Waals surface area contributed by atoms with Gasteiger partial charge in [0, 0.05) is 4.90 Å². The van der Waals surface area contributed by atoms with E-state index in [1.165, 1.54) is 26.2 Å². The highest BCUT2D eigenvalue weighted by molar-refractivity contribution is 6.18. The summed E-state index contributed by atoms with van der Waals surface area (Å²) in [5.74, 6) is -3.36. The molecule has 1 aromatic rings. The number of esters is 1. The van der Waals surface area contributed by atoms with E-state index in [1.807, 2.05) is 0 Å². The molecule has 146 valence electrons. The average molecular weight is 379 g/mol. The lowest BCUT2D eigenvalue weighted by atomic mass is 9.73. The Morgan fingerprint density at radius 1 is 1.26 bits per heavy atom. The van der Waals surface area contributed by atoms with E-state index in [0.717, 1.165) is 13.8 Å². The number of aliphatic hydroxyl groups excluding tert-OH is 1. The van der Waals surface area contributed by atoms with E-state index in [1.54, 1.807) is 12.1 Å². The molecule has 0 aliphatic carbocycles. The highest BCUT2D eigenvalue weighted by atomic mass is 16.9. The van der Waals surface area contributed by atoms with E-state index in [9.17, 15) is 24.7 Å². The number of Topliss-reactive ketones (excluding diaryl/α,β-unsaturated/α-hetero) is 2. The molecule has 9 heteroatoms. The molecule has 1 aliphatic heterocycles. The Bertz CT molecular complexity index is 769. The minimum atomic E-state index is -2.20. The van der Waals surface area contributed by atoms with E-state index in [4.69, 9.17) is 14.3 Å². The van der Waals surface area contributed by atoms with Gasteiger partial charge >= 0.3 is 5.97 Å². The summed E-state index contributed by atoms with van der Waals surface area (Å²) >= 11 is 0. The second-order valence-corrected chi connectivity index (χ2v) is 5.98. The smallest absolute Gasteiger partial charge is 0.346 e. The molecule has 0 fully saturated rings. The number of ether oxygens (including phenoxy) is 2. The molecule has 1 heterocycles. The standard InChI is InChI=1S/C18H21NO8/c1-5-26-17(23)16(22)15-14(12-6-8-13(25-4)9-7-12)18(10(2)20,11(3)21)27-19(15)24/h6-9,14,16,22H,5H2,1-4H3/t14-,16+/m1/s1. The van der Waals surface area contributed by atoms with Crippen molar-refractivity contribution in [2.45, 2.75) is 38.4 Å². The summed E-state index contributed by atoms with van der Waals surface area (Å²) < 4.78 is 9.83. The van der Waals surface area contributed by atoms with Gasteiger partial charge < -0.3 is 19.4 Å². The second-order valence-electron chi connectivity index (χ2n) is 5.98. The molecule has 0 amide bonds. The molecule has 0 bridgehead atoms. The molecule has 0 saturated carbocycles. The first-order chi connectivity index (χ1) is 12.7. The van der Waals surface area contributed by atoms with Gasteiger partial charge in [-0.25, -0.2) is 4.79 Å². The van der Waals surface area contributed by atoms with Crippen molar-refractivity contribution >= 4 is 23.2 Å². The number of benzene rings is 1. The van der Waals surface area contributed by atoms with Crippen LogP contribution in [0.4, 0.5) is 0 Å². The zero-order chi connectivity index (χ0) is 20.4. The van der Waals surface area contributed by atoms with E-state index in [0.29, 0.717) is 11.3 Å². The third kappa shape index (κ3) is 3.37. The summed E-state index contributed by atoms with van der Waals surface area (Å²) in [5.41, 5.74) is -2.37. The van der Waals surface area contributed by atoms with Crippen molar-refractivity contribution in [3.63, 3.8) is 0 Å². The van der Waals surface area contributed by atoms with Gasteiger partial charge in [0.1, 0.15) is 11.7 Å². The Kier molecular flexibility index (Phi) is 5.85. The normalized spacial score (nSPS) is 19.2. The lowest BCUT2D eigenvalue weighted by Gasteiger charge is -2.30. The van der Waals surface area contributed by atoms with Crippen molar-refractivity contribution < 1.29 is 38.7 Å². The third-order valence-corrected chi connectivity index (χ3v) is 4.43. The number of hydrogen-bond acceptors (Lipinski definition) is 8. The molecule has 0 aromatic heterocycles. The molecule has 9 nitrogen and oxygen atoms in total. The maximum atomic E-state index is 12.4. The zero-order valence-electron chi connectivity index (χ0n) is 15.4. The van der Waals surface area contributed by atoms with Crippen LogP contribution in [-0.4, -0.2) is 58.7 Å². The molecule has 0 saturated heterocycles. The summed E-state index contributed by atoms with van der Waals surface area (Å²) in [5, 5.41) is 22.8. The van der Waals surface area contributed by atoms with Crippen LogP contribution in [0.1, 0.15) is 32.3 Å². The second kappa shape index (κ2) is 7.75. The van der Waals surface area contributed by atoms with Crippen LogP contribution in [-0.2, 0) is 24.0 Å². The Labute approximate surface area is 155 Å². The number of aliphatic hydroxyl groups is 1. The number of ketones is 2. The van der Waals surface area contributed by atoms with Crippen LogP contribution >= 0.6 is 0 Å². The fourth-order valence-electron chi connectivity index (χ4n) is 3.13. The molecule has 0 radical (unpaired) electrons. The summed E-state index contributed by atoms with van der Waals surface area (Å²) in [6.07, 6.45) is -2.00. The van der Waals surface area contributed by atoms with Crippen molar-refractivity contribution in [3.8, 4) is 5.75 Å². The maximum Gasteiger partial charge on any atom is 0.346 e. The zero-order valence-corrected chi connectivity index (χ0v) is 15.4. The number of carbonyl (C=O) groups excluding carboxylic acids is 3. The Morgan fingerprint density at radius 3 is 2.26 bits per heavy atom. The number of hydrogen-bond donors (Lipinski definition) is 1. The average Bonchev–Trinajstić information content (AvgIpc) is 2.95. The van der Waals surface area contributed by atoms with Crippen LogP contribution < -0.4 is 4.74 Å². The SMILES string of the molecule is CCOC(=O)[C@@H](O)C1=[N+]([O-])OC(C(C)=O)(C(C)=O)[C@@H]1c1ccc(OC)cc1. The van der Waals surface area contributed by atoms with Gasteiger partial charge in [-0.05, 0) is 38.5 Å². The Hall–Kier alpha value is -2.94. The van der Waals surface area contributed by atoms with E-state index < -0.39 is 40.9 Å². The van der Waals surface area contributed by atoms with Gasteiger partial charge in [-0.1, -0.05) is 12.1 Å². The van der Waals surface area contributed by atoms with Crippen molar-refractivity contribution in [2.75, 3.05) is 13.7 Å². The van der Waals surface area contributed by atoms with Gasteiger partial charge in [0.05, 0.1) is 13.7 Å². The third-order valence-electron chi connectivity index (χ3n) is 4.43. The van der Waals surface area contributed by atoms with Crippen LogP contribution in [0.5, 0.6) is 5.75 Å². The van der Waals surface area contributed by atoms with E-state index >= 15 is 0 Å². The highest BCUT2D eigenvalue weighted by Crippen LogP contribution is 2.41. The number of methoxy groups -OCH3 is 1. The van der Waals surface area contributed by atoms with Crippen LogP contribution in [0.15, 0.2) is 24.3 Å². The summed E-state index contributed by atoms with van der Waals surface area (Å²) in [6, 6.07) is 6.15. The summed E-state index contributed by atoms with van der Waals surface area (Å²) in [4.78, 5) is 41.7. The minimum Gasteiger partial charge on any atom is -0.497 e. The van der Waals surface area contributed by atoms with Gasteiger partial charge in [0.2, 0.25) is 11.7 Å². The maximum absolute atomic E-state index is 12.4. The molecular formula is C18H21NO8. The van der Waals surface area contributed by atoms with E-state index in [-0.39, 0.29) is 11.5 Å². The quantitative estimate of drug-likeness (QED) is 0.413. The molecular weight excluding hydrogens is 358 g/mol. The van der Waals surface area contributed by atoms with Crippen LogP contribution in [0.25, 0.3) is 0 Å². The van der Waals surface area contributed by atoms with Gasteiger partial charge in [-0.3, -0.25) is 14.8 Å². The first-order valence-electron chi connectivity index (χ1n) is 8.24. The monoisotopic (exact) mass is 379 g/mol. The molecule has 2 atom stereocenters. The van der Waals surface area contributed by atoms with E-state index in [2.05, 4.69) is 0 Å². The van der Waals surface area contributed by atoms with Gasteiger partial charge in [-0.2, -0.15) is 0 Å². The highest BCUT2D eigenvalue weighted by Gasteiger charge is 2.62. The molecule has 1 N–H and O–H groups in total. The fourth-order valence-corrected chi connectivity index (χ4v) is 3.13. The number of rotatable bonds is 7. The fraction of sp³-hybridized carbons (Fsp3) is 0.444. The molecule has 2 rings (SSSR count). The van der Waals surface area contributed by atoms with Crippen LogP contribution in [0, 0.1) is 5.21 Å².